The summed E-state index contributed by atoms with van der Waals surface area (Å²) in [6, 6.07) is 8.39. The fraction of sp³-hybridized carbons (Fsp3) is 0.188. The number of esters is 1. The lowest BCUT2D eigenvalue weighted by atomic mass is 10.2. The average Bonchev–Trinajstić information content (AvgIpc) is 3.05. The van der Waals surface area contributed by atoms with Gasteiger partial charge in [0, 0.05) is 5.56 Å². The van der Waals surface area contributed by atoms with E-state index in [0.29, 0.717) is 11.3 Å². The standard InChI is InChI=1S/C16H14FNO6/c1-9(14(19)18-16(21)22-2)23-15(20)13-8-7-12(24-13)10-3-5-11(17)6-4-10/h3-9H,1-2H3,(H,18,19,21)/t9-/m0/s1. The quantitative estimate of drug-likeness (QED) is 0.863. The number of hydrogen-bond donors (Lipinski definition) is 1. The summed E-state index contributed by atoms with van der Waals surface area (Å²) in [6.07, 6.45) is -2.18. The lowest BCUT2D eigenvalue weighted by Gasteiger charge is -2.11. The fourth-order valence-electron chi connectivity index (χ4n) is 1.74. The highest BCUT2D eigenvalue weighted by atomic mass is 19.1. The van der Waals surface area contributed by atoms with Crippen molar-refractivity contribution in [1.29, 1.82) is 0 Å². The van der Waals surface area contributed by atoms with Gasteiger partial charge in [0.2, 0.25) is 5.76 Å². The van der Waals surface area contributed by atoms with Crippen LogP contribution in [0.2, 0.25) is 0 Å². The van der Waals surface area contributed by atoms with E-state index in [2.05, 4.69) is 4.74 Å². The third-order valence-electron chi connectivity index (χ3n) is 3.00. The summed E-state index contributed by atoms with van der Waals surface area (Å²) in [4.78, 5) is 34.5. The van der Waals surface area contributed by atoms with Crippen LogP contribution in [0, 0.1) is 5.82 Å². The van der Waals surface area contributed by atoms with Crippen LogP contribution in [0.15, 0.2) is 40.8 Å². The van der Waals surface area contributed by atoms with E-state index in [1.54, 1.807) is 0 Å². The monoisotopic (exact) mass is 335 g/mol. The number of halogens is 1. The maximum absolute atomic E-state index is 12.9. The van der Waals surface area contributed by atoms with Crippen LogP contribution in [0.5, 0.6) is 0 Å². The van der Waals surface area contributed by atoms with Gasteiger partial charge in [-0.1, -0.05) is 0 Å². The van der Waals surface area contributed by atoms with Gasteiger partial charge < -0.3 is 13.9 Å². The third-order valence-corrected chi connectivity index (χ3v) is 3.00. The second-order valence-corrected chi connectivity index (χ2v) is 4.70. The highest BCUT2D eigenvalue weighted by Gasteiger charge is 2.23. The van der Waals surface area contributed by atoms with Crippen LogP contribution < -0.4 is 5.32 Å². The highest BCUT2D eigenvalue weighted by molar-refractivity contribution is 5.96. The number of ether oxygens (including phenoxy) is 2. The van der Waals surface area contributed by atoms with Gasteiger partial charge in [-0.05, 0) is 43.3 Å². The van der Waals surface area contributed by atoms with Gasteiger partial charge in [0.25, 0.3) is 5.91 Å². The fourth-order valence-corrected chi connectivity index (χ4v) is 1.74. The predicted molar refractivity (Wildman–Crippen MR) is 79.5 cm³/mol. The van der Waals surface area contributed by atoms with Crippen molar-refractivity contribution in [3.8, 4) is 11.3 Å². The molecule has 2 amide bonds. The van der Waals surface area contributed by atoms with E-state index in [-0.39, 0.29) is 5.76 Å². The van der Waals surface area contributed by atoms with Gasteiger partial charge in [0.15, 0.2) is 6.10 Å². The Bertz CT molecular complexity index is 752. The van der Waals surface area contributed by atoms with Gasteiger partial charge in [-0.15, -0.1) is 0 Å². The lowest BCUT2D eigenvalue weighted by Crippen LogP contribution is -2.39. The Balaban J connectivity index is 2.02. The number of alkyl carbamates (subject to hydrolysis) is 1. The minimum atomic E-state index is -1.23. The third kappa shape index (κ3) is 4.19. The summed E-state index contributed by atoms with van der Waals surface area (Å²) >= 11 is 0. The molecule has 0 aliphatic carbocycles. The minimum Gasteiger partial charge on any atom is -0.453 e. The molecule has 0 saturated heterocycles. The average molecular weight is 335 g/mol. The maximum atomic E-state index is 12.9. The van der Waals surface area contributed by atoms with Crippen LogP contribution in [0.3, 0.4) is 0 Å². The molecule has 0 unspecified atom stereocenters. The molecule has 1 heterocycles. The minimum absolute atomic E-state index is 0.132. The molecule has 0 spiro atoms. The van der Waals surface area contributed by atoms with E-state index in [4.69, 9.17) is 9.15 Å². The molecule has 2 rings (SSSR count). The lowest BCUT2D eigenvalue weighted by molar-refractivity contribution is -0.128. The number of nitrogens with one attached hydrogen (secondary N) is 1. The van der Waals surface area contributed by atoms with Crippen LogP contribution in [-0.4, -0.2) is 31.2 Å². The van der Waals surface area contributed by atoms with Crippen LogP contribution in [0.25, 0.3) is 11.3 Å². The van der Waals surface area contributed by atoms with Crippen molar-refractivity contribution < 1.29 is 32.7 Å². The van der Waals surface area contributed by atoms with Crippen molar-refractivity contribution in [2.24, 2.45) is 0 Å². The first-order valence-corrected chi connectivity index (χ1v) is 6.86. The molecule has 0 aliphatic heterocycles. The Morgan fingerprint density at radius 2 is 1.79 bits per heavy atom. The van der Waals surface area contributed by atoms with Crippen molar-refractivity contribution in [3.05, 3.63) is 48.0 Å². The zero-order valence-electron chi connectivity index (χ0n) is 12.9. The Kier molecular flexibility index (Phi) is 5.31. The predicted octanol–water partition coefficient (Wildman–Crippen LogP) is 2.51. The van der Waals surface area contributed by atoms with Crippen molar-refractivity contribution in [1.82, 2.24) is 5.32 Å². The molecule has 0 aliphatic rings. The van der Waals surface area contributed by atoms with Gasteiger partial charge in [0.05, 0.1) is 7.11 Å². The number of rotatable bonds is 4. The second kappa shape index (κ2) is 7.40. The summed E-state index contributed by atoms with van der Waals surface area (Å²) in [5.41, 5.74) is 0.576. The molecule has 8 heteroatoms. The summed E-state index contributed by atoms with van der Waals surface area (Å²) in [5, 5.41) is 1.88. The smallest absolute Gasteiger partial charge is 0.413 e. The van der Waals surface area contributed by atoms with E-state index in [1.807, 2.05) is 5.32 Å². The Morgan fingerprint density at radius 3 is 2.42 bits per heavy atom. The van der Waals surface area contributed by atoms with Crippen molar-refractivity contribution in [3.63, 3.8) is 0 Å². The van der Waals surface area contributed by atoms with Gasteiger partial charge in [0.1, 0.15) is 11.6 Å². The molecular formula is C16H14FNO6. The molecule has 1 atom stereocenters. The number of imide groups is 1. The largest absolute Gasteiger partial charge is 0.453 e. The first kappa shape index (κ1) is 17.2. The van der Waals surface area contributed by atoms with E-state index in [1.165, 1.54) is 43.3 Å². The van der Waals surface area contributed by atoms with Gasteiger partial charge in [-0.25, -0.2) is 14.0 Å². The van der Waals surface area contributed by atoms with Crippen molar-refractivity contribution in [2.75, 3.05) is 7.11 Å². The normalized spacial score (nSPS) is 11.5. The molecule has 126 valence electrons. The number of furan rings is 1. The molecule has 0 saturated carbocycles. The summed E-state index contributed by atoms with van der Waals surface area (Å²) in [5.74, 6) is -1.90. The number of benzene rings is 1. The SMILES string of the molecule is COC(=O)NC(=O)[C@H](C)OC(=O)c1ccc(-c2ccc(F)cc2)o1. The molecule has 7 nitrogen and oxygen atoms in total. The number of carbonyl (C=O) groups excluding carboxylic acids is 3. The van der Waals surface area contributed by atoms with Crippen molar-refractivity contribution in [2.45, 2.75) is 13.0 Å². The Labute approximate surface area is 136 Å². The highest BCUT2D eigenvalue weighted by Crippen LogP contribution is 2.23. The number of hydrogen-bond acceptors (Lipinski definition) is 6. The van der Waals surface area contributed by atoms with E-state index in [0.717, 1.165) is 7.11 Å². The molecule has 0 radical (unpaired) electrons. The van der Waals surface area contributed by atoms with Crippen LogP contribution >= 0.6 is 0 Å². The summed E-state index contributed by atoms with van der Waals surface area (Å²) in [7, 11) is 1.10. The summed E-state index contributed by atoms with van der Waals surface area (Å²) in [6.45, 7) is 1.29. The molecule has 2 aromatic rings. The zero-order chi connectivity index (χ0) is 17.7. The van der Waals surface area contributed by atoms with Crippen molar-refractivity contribution >= 4 is 18.0 Å². The number of amides is 2. The van der Waals surface area contributed by atoms with Crippen LogP contribution in [0.1, 0.15) is 17.5 Å². The van der Waals surface area contributed by atoms with E-state index >= 15 is 0 Å². The van der Waals surface area contributed by atoms with Gasteiger partial charge >= 0.3 is 12.1 Å². The Hall–Kier alpha value is -3.16. The molecular weight excluding hydrogens is 321 g/mol. The second-order valence-electron chi connectivity index (χ2n) is 4.70. The number of methoxy groups -OCH3 is 1. The molecule has 24 heavy (non-hydrogen) atoms. The Morgan fingerprint density at radius 1 is 1.12 bits per heavy atom. The van der Waals surface area contributed by atoms with E-state index in [9.17, 15) is 18.8 Å². The van der Waals surface area contributed by atoms with Crippen LogP contribution in [-0.2, 0) is 14.3 Å². The molecule has 1 N–H and O–H groups in total. The molecule has 0 bridgehead atoms. The topological polar surface area (TPSA) is 94.8 Å². The van der Waals surface area contributed by atoms with Crippen LogP contribution in [0.4, 0.5) is 9.18 Å². The van der Waals surface area contributed by atoms with E-state index < -0.39 is 29.9 Å². The molecule has 1 aromatic carbocycles. The first-order valence-electron chi connectivity index (χ1n) is 6.86. The maximum Gasteiger partial charge on any atom is 0.413 e. The summed E-state index contributed by atoms with van der Waals surface area (Å²) < 4.78 is 27.4. The van der Waals surface area contributed by atoms with Gasteiger partial charge in [-0.2, -0.15) is 0 Å². The molecule has 1 aromatic heterocycles. The number of carbonyl (C=O) groups is 3. The van der Waals surface area contributed by atoms with Gasteiger partial charge in [-0.3, -0.25) is 10.1 Å². The zero-order valence-corrected chi connectivity index (χ0v) is 12.9. The molecule has 0 fully saturated rings. The first-order chi connectivity index (χ1) is 11.4.